The molecule has 2 nitrogen and oxygen atoms in total. The second kappa shape index (κ2) is 8.21. The summed E-state index contributed by atoms with van der Waals surface area (Å²) in [6, 6.07) is 0.761. The highest BCUT2D eigenvalue weighted by atomic mass is 35.5. The molecule has 1 fully saturated rings. The van der Waals surface area contributed by atoms with Crippen LogP contribution in [0, 0.1) is 17.5 Å². The van der Waals surface area contributed by atoms with Crippen molar-refractivity contribution in [3.63, 3.8) is 0 Å². The van der Waals surface area contributed by atoms with Gasteiger partial charge in [-0.05, 0) is 24.1 Å². The third-order valence-electron chi connectivity index (χ3n) is 3.68. The number of hydrogen-bond donors (Lipinski definition) is 1. The fourth-order valence-electron chi connectivity index (χ4n) is 2.62. The van der Waals surface area contributed by atoms with Crippen LogP contribution in [-0.4, -0.2) is 37.3 Å². The molecule has 1 aliphatic rings. The van der Waals surface area contributed by atoms with Crippen molar-refractivity contribution >= 4 is 12.4 Å². The number of rotatable bonds is 4. The molecule has 23 heavy (non-hydrogen) atoms. The Morgan fingerprint density at radius 1 is 1.04 bits per heavy atom. The van der Waals surface area contributed by atoms with Crippen LogP contribution in [0.25, 0.3) is 0 Å². The summed E-state index contributed by atoms with van der Waals surface area (Å²) in [7, 11) is 0. The zero-order valence-corrected chi connectivity index (χ0v) is 12.9. The lowest BCUT2D eigenvalue weighted by atomic mass is 9.98. The number of benzene rings is 1. The summed E-state index contributed by atoms with van der Waals surface area (Å²) in [5.74, 6) is -4.39. The van der Waals surface area contributed by atoms with Crippen LogP contribution >= 0.6 is 12.4 Å². The topological polar surface area (TPSA) is 15.3 Å². The van der Waals surface area contributed by atoms with E-state index in [4.69, 9.17) is 0 Å². The molecule has 0 unspecified atom stereocenters. The van der Waals surface area contributed by atoms with Crippen molar-refractivity contribution in [3.8, 4) is 0 Å². The van der Waals surface area contributed by atoms with Crippen LogP contribution in [0.4, 0.5) is 26.3 Å². The highest BCUT2D eigenvalue weighted by molar-refractivity contribution is 5.85. The molecule has 0 saturated carbocycles. The number of hydrogen-bond acceptors (Lipinski definition) is 2. The van der Waals surface area contributed by atoms with Crippen LogP contribution in [0.3, 0.4) is 0 Å². The lowest BCUT2D eigenvalue weighted by Gasteiger charge is -2.35. The van der Waals surface area contributed by atoms with Crippen molar-refractivity contribution in [3.05, 3.63) is 35.1 Å². The molecule has 9 heteroatoms. The van der Waals surface area contributed by atoms with Gasteiger partial charge in [0.2, 0.25) is 0 Å². The molecule has 0 spiro atoms. The third-order valence-corrected chi connectivity index (χ3v) is 3.68. The molecule has 0 aliphatic carbocycles. The van der Waals surface area contributed by atoms with Crippen LogP contribution < -0.4 is 5.32 Å². The fourth-order valence-corrected chi connectivity index (χ4v) is 2.62. The Labute approximate surface area is 136 Å². The van der Waals surface area contributed by atoms with Gasteiger partial charge in [-0.25, -0.2) is 13.2 Å². The van der Waals surface area contributed by atoms with Crippen LogP contribution in [0.2, 0.25) is 0 Å². The summed E-state index contributed by atoms with van der Waals surface area (Å²) in [4.78, 5) is 1.73. The Hall–Kier alpha value is -0.990. The van der Waals surface area contributed by atoms with E-state index in [1.807, 2.05) is 0 Å². The smallest absolute Gasteiger partial charge is 0.314 e. The molecule has 1 heterocycles. The van der Waals surface area contributed by atoms with Crippen molar-refractivity contribution in [2.75, 3.05) is 26.2 Å². The van der Waals surface area contributed by atoms with Gasteiger partial charge in [-0.1, -0.05) is 0 Å². The van der Waals surface area contributed by atoms with Gasteiger partial charge in [0, 0.05) is 38.6 Å². The van der Waals surface area contributed by atoms with Gasteiger partial charge in [-0.3, -0.25) is 4.90 Å². The zero-order chi connectivity index (χ0) is 16.3. The fraction of sp³-hybridized carbons (Fsp3) is 0.571. The standard InChI is InChI=1S/C14H16F6N2.ClH/c15-10-7-9(8-11(16)13(10)17)12(1-2-14(18,19)20)22-5-3-21-4-6-22;/h7-8,12,21H,1-6H2;1H/t12-;/m0./s1. The summed E-state index contributed by atoms with van der Waals surface area (Å²) in [5, 5.41) is 3.05. The maximum absolute atomic E-state index is 13.4. The average molecular weight is 363 g/mol. The van der Waals surface area contributed by atoms with E-state index in [2.05, 4.69) is 5.32 Å². The molecule has 132 valence electrons. The zero-order valence-electron chi connectivity index (χ0n) is 12.1. The maximum Gasteiger partial charge on any atom is 0.389 e. The predicted octanol–water partition coefficient (Wildman–Crippen LogP) is 3.81. The molecule has 1 saturated heterocycles. The third kappa shape index (κ3) is 5.54. The first kappa shape index (κ1) is 20.1. The van der Waals surface area contributed by atoms with Gasteiger partial charge in [0.15, 0.2) is 17.5 Å². The molecule has 1 aromatic carbocycles. The molecule has 0 amide bonds. The Morgan fingerprint density at radius 2 is 1.57 bits per heavy atom. The van der Waals surface area contributed by atoms with Gasteiger partial charge in [-0.2, -0.15) is 13.2 Å². The van der Waals surface area contributed by atoms with Crippen LogP contribution in [0.1, 0.15) is 24.4 Å². The predicted molar refractivity (Wildman–Crippen MR) is 76.0 cm³/mol. The first-order valence-electron chi connectivity index (χ1n) is 6.94. The molecule has 1 N–H and O–H groups in total. The second-order valence-electron chi connectivity index (χ2n) is 5.25. The Morgan fingerprint density at radius 3 is 2.04 bits per heavy atom. The molecular formula is C14H17ClF6N2. The van der Waals surface area contributed by atoms with E-state index < -0.39 is 36.1 Å². The minimum atomic E-state index is -4.36. The lowest BCUT2D eigenvalue weighted by molar-refractivity contribution is -0.138. The molecular weight excluding hydrogens is 346 g/mol. The molecule has 0 bridgehead atoms. The van der Waals surface area contributed by atoms with E-state index in [9.17, 15) is 26.3 Å². The summed E-state index contributed by atoms with van der Waals surface area (Å²) in [6.07, 6.45) is -5.75. The second-order valence-corrected chi connectivity index (χ2v) is 5.25. The van der Waals surface area contributed by atoms with Crippen LogP contribution in [0.15, 0.2) is 12.1 Å². The van der Waals surface area contributed by atoms with Gasteiger partial charge in [0.25, 0.3) is 0 Å². The number of piperazine rings is 1. The van der Waals surface area contributed by atoms with E-state index >= 15 is 0 Å². The Balaban J connectivity index is 0.00000264. The normalized spacial score (nSPS) is 17.7. The van der Waals surface area contributed by atoms with Gasteiger partial charge >= 0.3 is 6.18 Å². The van der Waals surface area contributed by atoms with E-state index in [1.54, 1.807) is 4.90 Å². The first-order valence-corrected chi connectivity index (χ1v) is 6.94. The van der Waals surface area contributed by atoms with Gasteiger partial charge in [-0.15, -0.1) is 12.4 Å². The van der Waals surface area contributed by atoms with E-state index in [-0.39, 0.29) is 24.4 Å². The average Bonchev–Trinajstić information content (AvgIpc) is 2.45. The minimum Gasteiger partial charge on any atom is -0.314 e. The Kier molecular flexibility index (Phi) is 7.16. The summed E-state index contributed by atoms with van der Waals surface area (Å²) >= 11 is 0. The van der Waals surface area contributed by atoms with E-state index in [0.717, 1.165) is 12.1 Å². The quantitative estimate of drug-likeness (QED) is 0.647. The summed E-state index contributed by atoms with van der Waals surface area (Å²) in [6.45, 7) is 2.08. The van der Waals surface area contributed by atoms with Crippen molar-refractivity contribution < 1.29 is 26.3 Å². The van der Waals surface area contributed by atoms with Gasteiger partial charge in [0.05, 0.1) is 0 Å². The molecule has 1 aromatic rings. The molecule has 2 rings (SSSR count). The molecule has 1 aliphatic heterocycles. The van der Waals surface area contributed by atoms with Crippen molar-refractivity contribution in [1.82, 2.24) is 10.2 Å². The Bertz CT molecular complexity index is 493. The summed E-state index contributed by atoms with van der Waals surface area (Å²) < 4.78 is 77.2. The monoisotopic (exact) mass is 362 g/mol. The number of halogens is 7. The number of alkyl halides is 3. The first-order chi connectivity index (χ1) is 10.3. The lowest BCUT2D eigenvalue weighted by Crippen LogP contribution is -2.45. The highest BCUT2D eigenvalue weighted by Crippen LogP contribution is 2.32. The van der Waals surface area contributed by atoms with Crippen molar-refractivity contribution in [1.29, 1.82) is 0 Å². The summed E-state index contributed by atoms with van der Waals surface area (Å²) in [5.41, 5.74) is 0.0301. The van der Waals surface area contributed by atoms with Gasteiger partial charge in [0.1, 0.15) is 0 Å². The molecule has 1 atom stereocenters. The van der Waals surface area contributed by atoms with Crippen LogP contribution in [-0.2, 0) is 0 Å². The SMILES string of the molecule is Cl.Fc1cc([C@H](CCC(F)(F)F)N2CCNCC2)cc(F)c1F. The minimum absolute atomic E-state index is 0. The van der Waals surface area contributed by atoms with Crippen molar-refractivity contribution in [2.24, 2.45) is 0 Å². The molecule has 0 radical (unpaired) electrons. The number of nitrogens with zero attached hydrogens (tertiary/aromatic N) is 1. The maximum atomic E-state index is 13.4. The van der Waals surface area contributed by atoms with Crippen LogP contribution in [0.5, 0.6) is 0 Å². The van der Waals surface area contributed by atoms with E-state index in [1.165, 1.54) is 0 Å². The largest absolute Gasteiger partial charge is 0.389 e. The number of nitrogens with one attached hydrogen (secondary N) is 1. The van der Waals surface area contributed by atoms with Crippen molar-refractivity contribution in [2.45, 2.75) is 25.1 Å². The molecule has 0 aromatic heterocycles. The highest BCUT2D eigenvalue weighted by Gasteiger charge is 2.32. The van der Waals surface area contributed by atoms with Gasteiger partial charge < -0.3 is 5.32 Å². The van der Waals surface area contributed by atoms with E-state index in [0.29, 0.717) is 26.2 Å².